The van der Waals surface area contributed by atoms with E-state index in [4.69, 9.17) is 11.6 Å². The van der Waals surface area contributed by atoms with Crippen LogP contribution in [0.2, 0.25) is 5.02 Å². The van der Waals surface area contributed by atoms with Crippen molar-refractivity contribution in [3.8, 4) is 0 Å². The van der Waals surface area contributed by atoms with Crippen molar-refractivity contribution in [3.63, 3.8) is 0 Å². The molecule has 1 amide bonds. The first-order chi connectivity index (χ1) is 13.7. The first-order valence-electron chi connectivity index (χ1n) is 8.64. The number of hydrogen-bond acceptors (Lipinski definition) is 5. The second-order valence-corrected chi connectivity index (χ2v) is 6.95. The molecule has 0 radical (unpaired) electrons. The molecular weight excluding hydrogens is 403 g/mol. The van der Waals surface area contributed by atoms with Crippen LogP contribution in [0.15, 0.2) is 30.6 Å². The van der Waals surface area contributed by atoms with Crippen LogP contribution in [-0.2, 0) is 11.3 Å². The van der Waals surface area contributed by atoms with Crippen LogP contribution in [0.5, 0.6) is 0 Å². The molecule has 9 nitrogen and oxygen atoms in total. The minimum absolute atomic E-state index is 0.194. The topological polar surface area (TPSA) is 108 Å². The fraction of sp³-hybridized carbons (Fsp3) is 0.278. The Morgan fingerprint density at radius 3 is 2.76 bits per heavy atom. The molecule has 3 aromatic rings. The molecule has 1 N–H and O–H groups in total. The molecule has 0 fully saturated rings. The first kappa shape index (κ1) is 20.5. The van der Waals surface area contributed by atoms with Gasteiger partial charge in [-0.3, -0.25) is 24.3 Å². The number of amides is 1. The summed E-state index contributed by atoms with van der Waals surface area (Å²) in [6.45, 7) is 5.42. The van der Waals surface area contributed by atoms with Gasteiger partial charge < -0.3 is 5.32 Å². The van der Waals surface area contributed by atoms with E-state index in [2.05, 4.69) is 15.5 Å². The Bertz CT molecular complexity index is 1090. The second kappa shape index (κ2) is 8.00. The Balaban J connectivity index is 1.78. The fourth-order valence-electron chi connectivity index (χ4n) is 2.82. The van der Waals surface area contributed by atoms with Gasteiger partial charge in [0.1, 0.15) is 24.3 Å². The summed E-state index contributed by atoms with van der Waals surface area (Å²) in [5, 5.41) is 22.2. The van der Waals surface area contributed by atoms with E-state index in [9.17, 15) is 19.3 Å². The maximum atomic E-state index is 13.2. The van der Waals surface area contributed by atoms with Gasteiger partial charge in [-0.25, -0.2) is 4.39 Å². The van der Waals surface area contributed by atoms with Gasteiger partial charge in [-0.05, 0) is 38.5 Å². The molecule has 29 heavy (non-hydrogen) atoms. The van der Waals surface area contributed by atoms with E-state index < -0.39 is 22.7 Å². The number of aromatic nitrogens is 4. The number of nitrogens with one attached hydrogen (secondary N) is 1. The van der Waals surface area contributed by atoms with Crippen molar-refractivity contribution in [2.45, 2.75) is 33.4 Å². The van der Waals surface area contributed by atoms with Crippen LogP contribution in [0.1, 0.15) is 29.9 Å². The van der Waals surface area contributed by atoms with Gasteiger partial charge in [0.15, 0.2) is 0 Å². The highest BCUT2D eigenvalue weighted by Crippen LogP contribution is 2.24. The zero-order valence-electron chi connectivity index (χ0n) is 15.9. The Morgan fingerprint density at radius 1 is 1.41 bits per heavy atom. The van der Waals surface area contributed by atoms with Crippen molar-refractivity contribution in [1.29, 1.82) is 0 Å². The van der Waals surface area contributed by atoms with Gasteiger partial charge in [0, 0.05) is 5.02 Å². The molecule has 2 heterocycles. The lowest BCUT2D eigenvalue weighted by Gasteiger charge is -2.13. The predicted molar refractivity (Wildman–Crippen MR) is 104 cm³/mol. The van der Waals surface area contributed by atoms with Gasteiger partial charge in [-0.2, -0.15) is 10.2 Å². The van der Waals surface area contributed by atoms with Gasteiger partial charge >= 0.3 is 5.69 Å². The number of carbonyl (C=O) groups is 1. The minimum Gasteiger partial charge on any atom is -0.321 e. The fourth-order valence-corrected chi connectivity index (χ4v) is 3.05. The molecule has 0 bridgehead atoms. The van der Waals surface area contributed by atoms with Crippen molar-refractivity contribution in [2.24, 2.45) is 0 Å². The van der Waals surface area contributed by atoms with Crippen LogP contribution < -0.4 is 5.32 Å². The monoisotopic (exact) mass is 420 g/mol. The van der Waals surface area contributed by atoms with Gasteiger partial charge in [-0.1, -0.05) is 17.7 Å². The minimum atomic E-state index is -0.766. The van der Waals surface area contributed by atoms with Crippen LogP contribution in [0.25, 0.3) is 0 Å². The number of nitrogens with zero attached hydrogens (tertiary/aromatic N) is 5. The second-order valence-electron chi connectivity index (χ2n) is 6.54. The van der Waals surface area contributed by atoms with Crippen LogP contribution in [-0.4, -0.2) is 30.4 Å². The Kier molecular flexibility index (Phi) is 5.64. The standard InChI is InChI=1S/C18H18ClFN6O3/c1-10-17(22-18(27)12(3)24-9-15(7-21-24)26(28)29)11(2)25(23-10)8-13-4-5-14(20)6-16(13)19/h4-7,9,12H,8H2,1-3H3,(H,22,27). The largest absolute Gasteiger partial charge is 0.321 e. The third-order valence-corrected chi connectivity index (χ3v) is 4.89. The normalized spacial score (nSPS) is 12.0. The molecule has 1 atom stereocenters. The molecule has 1 unspecified atom stereocenters. The quantitative estimate of drug-likeness (QED) is 0.483. The summed E-state index contributed by atoms with van der Waals surface area (Å²) in [5.74, 6) is -0.818. The number of nitro groups is 1. The Hall–Kier alpha value is -3.27. The van der Waals surface area contributed by atoms with Crippen LogP contribution in [0.3, 0.4) is 0 Å². The van der Waals surface area contributed by atoms with Crippen LogP contribution in [0, 0.1) is 29.8 Å². The zero-order valence-corrected chi connectivity index (χ0v) is 16.6. The van der Waals surface area contributed by atoms with Crippen LogP contribution >= 0.6 is 11.6 Å². The average molecular weight is 421 g/mol. The zero-order chi connectivity index (χ0) is 21.3. The lowest BCUT2D eigenvalue weighted by atomic mass is 10.2. The third kappa shape index (κ3) is 4.27. The summed E-state index contributed by atoms with van der Waals surface area (Å²) < 4.78 is 16.1. The predicted octanol–water partition coefficient (Wildman–Crippen LogP) is 3.65. The Morgan fingerprint density at radius 2 is 2.14 bits per heavy atom. The molecule has 0 saturated carbocycles. The number of benzene rings is 1. The van der Waals surface area contributed by atoms with E-state index in [0.717, 1.165) is 6.20 Å². The molecule has 0 aliphatic heterocycles. The van der Waals surface area contributed by atoms with Gasteiger partial charge in [0.25, 0.3) is 0 Å². The average Bonchev–Trinajstić information content (AvgIpc) is 3.25. The van der Waals surface area contributed by atoms with Gasteiger partial charge in [0.2, 0.25) is 5.91 Å². The number of carbonyl (C=O) groups excluding carboxylic acids is 1. The third-order valence-electron chi connectivity index (χ3n) is 4.54. The van der Waals surface area contributed by atoms with E-state index in [0.29, 0.717) is 29.2 Å². The maximum Gasteiger partial charge on any atom is 0.307 e. The van der Waals surface area contributed by atoms with Crippen LogP contribution in [0.4, 0.5) is 15.8 Å². The van der Waals surface area contributed by atoms with Crippen molar-refractivity contribution in [2.75, 3.05) is 5.32 Å². The number of anilines is 1. The molecular formula is C18H18ClFN6O3. The van der Waals surface area contributed by atoms with Crippen molar-refractivity contribution < 1.29 is 14.1 Å². The summed E-state index contributed by atoms with van der Waals surface area (Å²) in [6, 6.07) is 3.37. The van der Waals surface area contributed by atoms with E-state index >= 15 is 0 Å². The van der Waals surface area contributed by atoms with E-state index in [1.165, 1.54) is 23.0 Å². The highest BCUT2D eigenvalue weighted by atomic mass is 35.5. The van der Waals surface area contributed by atoms with Gasteiger partial charge in [0.05, 0.1) is 28.5 Å². The van der Waals surface area contributed by atoms with E-state index in [1.54, 1.807) is 31.5 Å². The summed E-state index contributed by atoms with van der Waals surface area (Å²) in [7, 11) is 0. The van der Waals surface area contributed by atoms with E-state index in [1.807, 2.05) is 0 Å². The molecule has 1 aromatic carbocycles. The first-order valence-corrected chi connectivity index (χ1v) is 9.02. The molecule has 3 rings (SSSR count). The SMILES string of the molecule is Cc1nn(Cc2ccc(F)cc2Cl)c(C)c1NC(=O)C(C)n1cc([N+](=O)[O-])cn1. The number of hydrogen-bond donors (Lipinski definition) is 1. The van der Waals surface area contributed by atoms with Crippen molar-refractivity contribution in [1.82, 2.24) is 19.6 Å². The molecule has 11 heteroatoms. The molecule has 0 aliphatic carbocycles. The molecule has 2 aromatic heterocycles. The van der Waals surface area contributed by atoms with Crippen molar-refractivity contribution >= 4 is 28.9 Å². The Labute approximate surface area is 170 Å². The van der Waals surface area contributed by atoms with E-state index in [-0.39, 0.29) is 10.7 Å². The molecule has 0 aliphatic rings. The smallest absolute Gasteiger partial charge is 0.307 e. The summed E-state index contributed by atoms with van der Waals surface area (Å²) in [6.07, 6.45) is 2.29. The summed E-state index contributed by atoms with van der Waals surface area (Å²) in [5.41, 5.74) is 2.30. The molecule has 152 valence electrons. The lowest BCUT2D eigenvalue weighted by molar-refractivity contribution is -0.385. The highest BCUT2D eigenvalue weighted by Gasteiger charge is 2.22. The molecule has 0 saturated heterocycles. The highest BCUT2D eigenvalue weighted by molar-refractivity contribution is 6.31. The number of rotatable bonds is 6. The summed E-state index contributed by atoms with van der Waals surface area (Å²) >= 11 is 6.09. The lowest BCUT2D eigenvalue weighted by Crippen LogP contribution is -2.24. The molecule has 0 spiro atoms. The maximum absolute atomic E-state index is 13.2. The van der Waals surface area contributed by atoms with Crippen molar-refractivity contribution in [3.05, 3.63) is 68.5 Å². The summed E-state index contributed by atoms with van der Waals surface area (Å²) in [4.78, 5) is 22.8. The number of halogens is 2. The number of aryl methyl sites for hydroxylation is 1. The van der Waals surface area contributed by atoms with Gasteiger partial charge in [-0.15, -0.1) is 0 Å².